The molecule has 0 heterocycles. The van der Waals surface area contributed by atoms with Gasteiger partial charge in [-0.2, -0.15) is 0 Å². The van der Waals surface area contributed by atoms with Crippen LogP contribution in [0.2, 0.25) is 0 Å². The predicted octanol–water partition coefficient (Wildman–Crippen LogP) is 1.10. The lowest BCUT2D eigenvalue weighted by atomic mass is 9.83. The molecule has 1 aromatic rings. The fourth-order valence-corrected chi connectivity index (χ4v) is 1.87. The van der Waals surface area contributed by atoms with E-state index < -0.39 is 17.6 Å². The number of hydrogen-bond donors (Lipinski definition) is 5. The number of aliphatic carboxylic acids is 1. The Balaban J connectivity index is 3.15. The summed E-state index contributed by atoms with van der Waals surface area (Å²) in [6, 6.07) is 3.52. The first-order valence-corrected chi connectivity index (χ1v) is 6.05. The maximum Gasteiger partial charge on any atom is 0.326 e. The second-order valence-corrected chi connectivity index (χ2v) is 4.59. The second kappa shape index (κ2) is 5.90. The summed E-state index contributed by atoms with van der Waals surface area (Å²) < 4.78 is 0. The van der Waals surface area contributed by atoms with Crippen LogP contribution in [-0.2, 0) is 4.79 Å². The fourth-order valence-electron chi connectivity index (χ4n) is 1.87. The first-order chi connectivity index (χ1) is 8.82. The molecule has 0 bridgehead atoms. The number of rotatable bonds is 6. The minimum Gasteiger partial charge on any atom is -0.508 e. The van der Waals surface area contributed by atoms with E-state index in [1.54, 1.807) is 0 Å². The van der Waals surface area contributed by atoms with E-state index in [1.807, 2.05) is 6.92 Å². The number of unbranched alkanes of at least 4 members (excludes halogenated alkanes) is 1. The molecule has 0 aliphatic heterocycles. The molecule has 0 aliphatic carbocycles. The van der Waals surface area contributed by atoms with Crippen LogP contribution in [-0.4, -0.2) is 31.9 Å². The van der Waals surface area contributed by atoms with E-state index in [1.165, 1.54) is 12.1 Å². The molecule has 19 heavy (non-hydrogen) atoms. The molecule has 0 aliphatic rings. The van der Waals surface area contributed by atoms with Crippen molar-refractivity contribution in [3.63, 3.8) is 0 Å². The molecular formula is C13H19NO5. The monoisotopic (exact) mass is 269 g/mol. The summed E-state index contributed by atoms with van der Waals surface area (Å²) in [5, 5.41) is 38.4. The first-order valence-electron chi connectivity index (χ1n) is 6.05. The number of carboxylic acid groups (broad SMARTS) is 1. The molecule has 0 amide bonds. The molecular weight excluding hydrogens is 250 g/mol. The lowest BCUT2D eigenvalue weighted by Gasteiger charge is -2.30. The van der Waals surface area contributed by atoms with Gasteiger partial charge in [0.25, 0.3) is 0 Å². The maximum atomic E-state index is 11.3. The number of carbonyl (C=O) groups is 1. The van der Waals surface area contributed by atoms with Crippen molar-refractivity contribution in [2.75, 3.05) is 0 Å². The smallest absolute Gasteiger partial charge is 0.326 e. The summed E-state index contributed by atoms with van der Waals surface area (Å²) in [4.78, 5) is 11.3. The highest BCUT2D eigenvalue weighted by molar-refractivity contribution is 5.80. The van der Waals surface area contributed by atoms with Gasteiger partial charge in [0.15, 0.2) is 0 Å². The van der Waals surface area contributed by atoms with Gasteiger partial charge >= 0.3 is 5.97 Å². The van der Waals surface area contributed by atoms with Crippen molar-refractivity contribution < 1.29 is 25.2 Å². The third-order valence-corrected chi connectivity index (χ3v) is 3.14. The van der Waals surface area contributed by atoms with Crippen molar-refractivity contribution in [3.05, 3.63) is 23.8 Å². The van der Waals surface area contributed by atoms with Crippen molar-refractivity contribution in [1.82, 2.24) is 0 Å². The van der Waals surface area contributed by atoms with Crippen LogP contribution < -0.4 is 5.73 Å². The molecule has 6 N–H and O–H groups in total. The summed E-state index contributed by atoms with van der Waals surface area (Å²) >= 11 is 0. The molecule has 0 saturated heterocycles. The Kier molecular flexibility index (Phi) is 4.74. The highest BCUT2D eigenvalue weighted by atomic mass is 16.4. The molecule has 0 fully saturated rings. The van der Waals surface area contributed by atoms with Crippen molar-refractivity contribution in [3.8, 4) is 11.5 Å². The summed E-state index contributed by atoms with van der Waals surface area (Å²) in [6.07, 6.45) is -0.289. The highest BCUT2D eigenvalue weighted by Crippen LogP contribution is 2.35. The lowest BCUT2D eigenvalue weighted by molar-refractivity contribution is -0.148. The Bertz CT molecular complexity index is 462. The summed E-state index contributed by atoms with van der Waals surface area (Å²) in [7, 11) is 0. The van der Waals surface area contributed by atoms with Gasteiger partial charge in [-0.15, -0.1) is 0 Å². The molecule has 1 aromatic carbocycles. The van der Waals surface area contributed by atoms with Crippen LogP contribution >= 0.6 is 0 Å². The lowest BCUT2D eigenvalue weighted by Crippen LogP contribution is -2.53. The maximum absolute atomic E-state index is 11.3. The van der Waals surface area contributed by atoms with Gasteiger partial charge < -0.3 is 26.2 Å². The minimum atomic E-state index is -1.90. The molecule has 0 aromatic heterocycles. The highest BCUT2D eigenvalue weighted by Gasteiger charge is 2.43. The number of benzene rings is 1. The normalized spacial score (nSPS) is 15.7. The van der Waals surface area contributed by atoms with Gasteiger partial charge in [-0.25, -0.2) is 0 Å². The zero-order valence-corrected chi connectivity index (χ0v) is 10.7. The van der Waals surface area contributed by atoms with E-state index in [0.29, 0.717) is 6.42 Å². The summed E-state index contributed by atoms with van der Waals surface area (Å²) in [6.45, 7) is 1.88. The van der Waals surface area contributed by atoms with Crippen molar-refractivity contribution in [2.45, 2.75) is 37.8 Å². The molecule has 6 nitrogen and oxygen atoms in total. The first kappa shape index (κ1) is 15.3. The largest absolute Gasteiger partial charge is 0.508 e. The van der Waals surface area contributed by atoms with Gasteiger partial charge in [0.1, 0.15) is 23.1 Å². The van der Waals surface area contributed by atoms with E-state index in [2.05, 4.69) is 0 Å². The van der Waals surface area contributed by atoms with E-state index >= 15 is 0 Å². The van der Waals surface area contributed by atoms with Crippen molar-refractivity contribution in [2.24, 2.45) is 5.73 Å². The Labute approximate surface area is 111 Å². The van der Waals surface area contributed by atoms with E-state index in [9.17, 15) is 25.2 Å². The van der Waals surface area contributed by atoms with Crippen molar-refractivity contribution in [1.29, 1.82) is 0 Å². The van der Waals surface area contributed by atoms with Crippen molar-refractivity contribution >= 4 is 5.97 Å². The topological polar surface area (TPSA) is 124 Å². The SMILES string of the molecule is CCCC[C@@](N)(C(=O)O)C(O)c1cc(O)ccc1O. The van der Waals surface area contributed by atoms with Gasteiger partial charge in [-0.3, -0.25) is 4.79 Å². The van der Waals surface area contributed by atoms with Crippen LogP contribution in [0.5, 0.6) is 11.5 Å². The third kappa shape index (κ3) is 3.15. The number of hydrogen-bond acceptors (Lipinski definition) is 5. The van der Waals surface area contributed by atoms with Gasteiger partial charge in [0.05, 0.1) is 0 Å². The zero-order chi connectivity index (χ0) is 14.6. The Morgan fingerprint density at radius 3 is 2.58 bits per heavy atom. The Hall–Kier alpha value is -1.79. The number of aromatic hydroxyl groups is 2. The minimum absolute atomic E-state index is 0.0646. The molecule has 0 radical (unpaired) electrons. The van der Waals surface area contributed by atoms with Gasteiger partial charge in [0.2, 0.25) is 0 Å². The Morgan fingerprint density at radius 2 is 2.05 bits per heavy atom. The van der Waals surface area contributed by atoms with E-state index in [4.69, 9.17) is 5.73 Å². The molecule has 1 rings (SSSR count). The predicted molar refractivity (Wildman–Crippen MR) is 68.8 cm³/mol. The van der Waals surface area contributed by atoms with Crippen LogP contribution in [0.1, 0.15) is 37.9 Å². The molecule has 106 valence electrons. The molecule has 6 heteroatoms. The van der Waals surface area contributed by atoms with Crippen LogP contribution in [0.3, 0.4) is 0 Å². The molecule has 2 atom stereocenters. The standard InChI is InChI=1S/C13H19NO5/c1-2-3-6-13(14,12(18)19)11(17)9-7-8(15)4-5-10(9)16/h4-5,7,11,15-17H,2-3,6,14H2,1H3,(H,18,19)/t11?,13-/m0/s1. The number of aliphatic hydroxyl groups is 1. The Morgan fingerprint density at radius 1 is 1.42 bits per heavy atom. The molecule has 1 unspecified atom stereocenters. The average molecular weight is 269 g/mol. The van der Waals surface area contributed by atoms with E-state index in [-0.39, 0.29) is 23.5 Å². The van der Waals surface area contributed by atoms with Crippen LogP contribution in [0.25, 0.3) is 0 Å². The van der Waals surface area contributed by atoms with Crippen LogP contribution in [0.15, 0.2) is 18.2 Å². The van der Waals surface area contributed by atoms with Gasteiger partial charge in [-0.1, -0.05) is 19.8 Å². The molecule has 0 spiro atoms. The van der Waals surface area contributed by atoms with E-state index in [0.717, 1.165) is 12.5 Å². The number of phenolic OH excluding ortho intramolecular Hbond substituents is 2. The van der Waals surface area contributed by atoms with Gasteiger partial charge in [-0.05, 0) is 24.6 Å². The number of nitrogens with two attached hydrogens (primary N) is 1. The number of phenols is 2. The summed E-state index contributed by atoms with van der Waals surface area (Å²) in [5.41, 5.74) is 3.78. The fraction of sp³-hybridized carbons (Fsp3) is 0.462. The number of aliphatic hydroxyl groups excluding tert-OH is 1. The average Bonchev–Trinajstić information content (AvgIpc) is 2.37. The zero-order valence-electron chi connectivity index (χ0n) is 10.7. The third-order valence-electron chi connectivity index (χ3n) is 3.14. The quantitative estimate of drug-likeness (QED) is 0.493. The summed E-state index contributed by atoms with van der Waals surface area (Å²) in [5.74, 6) is -1.84. The van der Waals surface area contributed by atoms with Crippen LogP contribution in [0.4, 0.5) is 0 Å². The second-order valence-electron chi connectivity index (χ2n) is 4.59. The number of carboxylic acids is 1. The molecule has 0 saturated carbocycles. The van der Waals surface area contributed by atoms with Crippen LogP contribution in [0, 0.1) is 0 Å². The van der Waals surface area contributed by atoms with Gasteiger partial charge in [0, 0.05) is 5.56 Å².